The predicted octanol–water partition coefficient (Wildman–Crippen LogP) is 4.05. The van der Waals surface area contributed by atoms with Crippen LogP contribution in [0.1, 0.15) is 71.1 Å². The summed E-state index contributed by atoms with van der Waals surface area (Å²) in [6, 6.07) is 0. The van der Waals surface area contributed by atoms with Gasteiger partial charge in [-0.15, -0.1) is 0 Å². The van der Waals surface area contributed by atoms with E-state index in [-0.39, 0.29) is 6.42 Å². The first-order valence-corrected chi connectivity index (χ1v) is 11.2. The van der Waals surface area contributed by atoms with Crippen LogP contribution >= 0.6 is 0 Å². The molecule has 0 aliphatic carbocycles. The fourth-order valence-electron chi connectivity index (χ4n) is 3.06. The molecule has 2 atom stereocenters. The zero-order chi connectivity index (χ0) is 23.8. The third-order valence-electron chi connectivity index (χ3n) is 4.87. The van der Waals surface area contributed by atoms with Crippen LogP contribution in [0, 0.1) is 0 Å². The van der Waals surface area contributed by atoms with Gasteiger partial charge in [0.05, 0.1) is 0 Å². The maximum atomic E-state index is 12.0. The highest BCUT2D eigenvalue weighted by Gasteiger charge is 2.51. The summed E-state index contributed by atoms with van der Waals surface area (Å²) in [5, 5.41) is 38.5. The number of rotatable bonds is 16. The minimum absolute atomic E-state index is 0.000876. The van der Waals surface area contributed by atoms with Gasteiger partial charge in [0.1, 0.15) is 6.61 Å². The maximum Gasteiger partial charge on any atom is 0.378 e. The zero-order valence-corrected chi connectivity index (χ0v) is 18.7. The summed E-state index contributed by atoms with van der Waals surface area (Å²) in [5.41, 5.74) is 0. The molecule has 0 radical (unpaired) electrons. The highest BCUT2D eigenvalue weighted by molar-refractivity contribution is 5.89. The molecule has 8 nitrogen and oxygen atoms in total. The van der Waals surface area contributed by atoms with Crippen molar-refractivity contribution in [1.82, 2.24) is 0 Å². The molecule has 0 saturated carbocycles. The van der Waals surface area contributed by atoms with Gasteiger partial charge >= 0.3 is 11.9 Å². The quantitative estimate of drug-likeness (QED) is 0.119. The third-order valence-corrected chi connectivity index (χ3v) is 4.87. The van der Waals surface area contributed by atoms with E-state index in [1.807, 2.05) is 0 Å². The van der Waals surface area contributed by atoms with Crippen molar-refractivity contribution in [1.29, 1.82) is 0 Å². The summed E-state index contributed by atoms with van der Waals surface area (Å²) < 4.78 is 9.38. The van der Waals surface area contributed by atoms with E-state index >= 15 is 0 Å². The molecule has 4 N–H and O–H groups in total. The van der Waals surface area contributed by atoms with Gasteiger partial charge in [-0.3, -0.25) is 4.79 Å². The molecule has 0 aromatic heterocycles. The van der Waals surface area contributed by atoms with Crippen molar-refractivity contribution in [3.05, 3.63) is 48.0 Å². The molecule has 32 heavy (non-hydrogen) atoms. The number of aliphatic hydroxyl groups is 4. The van der Waals surface area contributed by atoms with Gasteiger partial charge in [0.2, 0.25) is 11.9 Å². The first-order valence-electron chi connectivity index (χ1n) is 11.2. The Morgan fingerprint density at radius 1 is 1.00 bits per heavy atom. The summed E-state index contributed by atoms with van der Waals surface area (Å²) >= 11 is 0. The van der Waals surface area contributed by atoms with Crippen molar-refractivity contribution in [2.24, 2.45) is 0 Å². The van der Waals surface area contributed by atoms with Crippen molar-refractivity contribution in [2.75, 3.05) is 6.61 Å². The molecule has 0 saturated heterocycles. The number of esters is 2. The van der Waals surface area contributed by atoms with E-state index < -0.39 is 42.0 Å². The first-order chi connectivity index (χ1) is 15.4. The Morgan fingerprint density at radius 2 is 1.59 bits per heavy atom. The molecular formula is C24H36O8. The van der Waals surface area contributed by atoms with Crippen molar-refractivity contribution in [3.8, 4) is 0 Å². The SMILES string of the molecule is CC/C=C/C/C=C/C/C=C/CCCCCCCC(=O)O[C@](O)(CO)[C@H]1OC(=O)C(O)=C1O. The third kappa shape index (κ3) is 9.70. The lowest BCUT2D eigenvalue weighted by molar-refractivity contribution is -0.259. The van der Waals surface area contributed by atoms with Gasteiger partial charge in [-0.2, -0.15) is 0 Å². The Balaban J connectivity index is 2.14. The van der Waals surface area contributed by atoms with Crippen LogP contribution in [0.25, 0.3) is 0 Å². The second kappa shape index (κ2) is 15.3. The molecule has 180 valence electrons. The average Bonchev–Trinajstić information content (AvgIpc) is 3.04. The van der Waals surface area contributed by atoms with Gasteiger partial charge in [0.25, 0.3) is 5.79 Å². The van der Waals surface area contributed by atoms with Crippen LogP contribution in [0.3, 0.4) is 0 Å². The van der Waals surface area contributed by atoms with Crippen LogP contribution in [-0.4, -0.2) is 50.9 Å². The maximum absolute atomic E-state index is 12.0. The van der Waals surface area contributed by atoms with Crippen molar-refractivity contribution >= 4 is 11.9 Å². The van der Waals surface area contributed by atoms with Crippen molar-refractivity contribution in [2.45, 2.75) is 83.0 Å². The summed E-state index contributed by atoms with van der Waals surface area (Å²) in [7, 11) is 0. The molecule has 0 unspecified atom stereocenters. The van der Waals surface area contributed by atoms with Crippen LogP contribution in [0.2, 0.25) is 0 Å². The Labute approximate surface area is 189 Å². The van der Waals surface area contributed by atoms with Crippen molar-refractivity contribution < 1.29 is 39.5 Å². The number of carbonyl (C=O) groups excluding carboxylic acids is 2. The normalized spacial score (nSPS) is 18.7. The van der Waals surface area contributed by atoms with Crippen LogP contribution in [0.5, 0.6) is 0 Å². The molecule has 8 heteroatoms. The molecule has 0 aromatic rings. The molecule has 1 rings (SSSR count). The second-order valence-corrected chi connectivity index (χ2v) is 7.60. The minimum atomic E-state index is -2.66. The minimum Gasteiger partial charge on any atom is -0.505 e. The van der Waals surface area contributed by atoms with Gasteiger partial charge in [0, 0.05) is 6.42 Å². The Hall–Kier alpha value is -2.58. The molecule has 0 aromatic carbocycles. The highest BCUT2D eigenvalue weighted by atomic mass is 16.7. The highest BCUT2D eigenvalue weighted by Crippen LogP contribution is 2.29. The van der Waals surface area contributed by atoms with E-state index in [1.54, 1.807) is 0 Å². The molecule has 0 fully saturated rings. The van der Waals surface area contributed by atoms with E-state index in [1.165, 1.54) is 0 Å². The number of hydrogen-bond acceptors (Lipinski definition) is 8. The number of aliphatic hydroxyl groups excluding tert-OH is 3. The van der Waals surface area contributed by atoms with Crippen molar-refractivity contribution in [3.63, 3.8) is 0 Å². The lowest BCUT2D eigenvalue weighted by Gasteiger charge is -2.29. The summed E-state index contributed by atoms with van der Waals surface area (Å²) in [6.45, 7) is 1.000. The molecule has 1 aliphatic heterocycles. The van der Waals surface area contributed by atoms with Crippen LogP contribution < -0.4 is 0 Å². The molecule has 1 aliphatic rings. The van der Waals surface area contributed by atoms with Gasteiger partial charge in [-0.05, 0) is 38.5 Å². The number of unbranched alkanes of at least 4 members (excludes halogenated alkanes) is 5. The number of allylic oxidation sites excluding steroid dienone is 6. The summed E-state index contributed by atoms with van der Waals surface area (Å²) in [6.07, 6.45) is 19.5. The van der Waals surface area contributed by atoms with Gasteiger partial charge in [-0.1, -0.05) is 62.6 Å². The van der Waals surface area contributed by atoms with E-state index in [2.05, 4.69) is 48.1 Å². The largest absolute Gasteiger partial charge is 0.505 e. The van der Waals surface area contributed by atoms with E-state index in [4.69, 9.17) is 4.74 Å². The lowest BCUT2D eigenvalue weighted by Crippen LogP contribution is -2.50. The number of hydrogen-bond donors (Lipinski definition) is 4. The Morgan fingerprint density at radius 3 is 2.19 bits per heavy atom. The monoisotopic (exact) mass is 452 g/mol. The Bertz CT molecular complexity index is 707. The van der Waals surface area contributed by atoms with E-state index in [9.17, 15) is 30.0 Å². The molecule has 0 amide bonds. The van der Waals surface area contributed by atoms with Crippen LogP contribution in [0.15, 0.2) is 48.0 Å². The number of cyclic esters (lactones) is 1. The summed E-state index contributed by atoms with van der Waals surface area (Å²) in [5.74, 6) is -6.83. The topological polar surface area (TPSA) is 134 Å². The molecule has 1 heterocycles. The molecule has 0 spiro atoms. The number of ether oxygens (including phenoxy) is 2. The number of carbonyl (C=O) groups is 2. The van der Waals surface area contributed by atoms with E-state index in [0.717, 1.165) is 51.4 Å². The lowest BCUT2D eigenvalue weighted by atomic mass is 10.1. The Kier molecular flexibility index (Phi) is 13.1. The van der Waals surface area contributed by atoms with Crippen LogP contribution in [-0.2, 0) is 19.1 Å². The standard InChI is InChI=1S/C24H36O8/c1-2-3-4-5-6-7-8-9-10-11-12-13-14-15-16-17-19(26)32-24(30,18-25)22-20(27)21(28)23(29)31-22/h3-4,6-7,9-10,22,25,27-28,30H,2,5,8,11-18H2,1H3/b4-3+,7-6+,10-9+/t22-,24+/m0/s1. The van der Waals surface area contributed by atoms with Gasteiger partial charge < -0.3 is 29.9 Å². The fourth-order valence-corrected chi connectivity index (χ4v) is 3.06. The summed E-state index contributed by atoms with van der Waals surface area (Å²) in [4.78, 5) is 23.2. The smallest absolute Gasteiger partial charge is 0.378 e. The van der Waals surface area contributed by atoms with Gasteiger partial charge in [0.15, 0.2) is 5.76 Å². The van der Waals surface area contributed by atoms with Crippen LogP contribution in [0.4, 0.5) is 0 Å². The predicted molar refractivity (Wildman–Crippen MR) is 120 cm³/mol. The zero-order valence-electron chi connectivity index (χ0n) is 18.7. The second-order valence-electron chi connectivity index (χ2n) is 7.60. The molecular weight excluding hydrogens is 416 g/mol. The average molecular weight is 453 g/mol. The molecule has 0 bridgehead atoms. The first kappa shape index (κ1) is 27.5. The van der Waals surface area contributed by atoms with E-state index in [0.29, 0.717) is 6.42 Å². The van der Waals surface area contributed by atoms with Gasteiger partial charge in [-0.25, -0.2) is 4.79 Å². The fraction of sp³-hybridized carbons (Fsp3) is 0.583.